The van der Waals surface area contributed by atoms with Crippen LogP contribution in [0.2, 0.25) is 0 Å². The molecule has 3 N–H and O–H groups in total. The molecule has 0 radical (unpaired) electrons. The Kier molecular flexibility index (Phi) is 4.90. The summed E-state index contributed by atoms with van der Waals surface area (Å²) >= 11 is 1.62. The van der Waals surface area contributed by atoms with Gasteiger partial charge in [0.05, 0.1) is 5.69 Å². The largest absolute Gasteiger partial charge is 0.354 e. The summed E-state index contributed by atoms with van der Waals surface area (Å²) < 4.78 is 1.94. The second-order valence-electron chi connectivity index (χ2n) is 6.08. The lowest BCUT2D eigenvalue weighted by atomic mass is 10.2. The lowest BCUT2D eigenvalue weighted by Crippen LogP contribution is -2.07. The molecule has 4 aromatic rings. The molecule has 28 heavy (non-hydrogen) atoms. The molecule has 0 atom stereocenters. The molecule has 0 saturated carbocycles. The Bertz CT molecular complexity index is 1100. The number of nitrogens with one attached hydrogen (secondary N) is 3. The van der Waals surface area contributed by atoms with Gasteiger partial charge in [-0.25, -0.2) is 4.98 Å². The normalized spacial score (nSPS) is 10.8. The van der Waals surface area contributed by atoms with Crippen LogP contribution in [0, 0.1) is 0 Å². The standard InChI is InChI=1S/C19H19N7OS/c1-3-20-19-24-17(23-14-6-4-13(5-7-14)22-12(2)27)16-18(25-19)26(11-21-16)15-8-9-28-10-15/h4-11H,3H2,1-2H3,(H,22,27)(H2,20,23,24,25). The Hall–Kier alpha value is -3.46. The summed E-state index contributed by atoms with van der Waals surface area (Å²) in [4.78, 5) is 24.9. The molecule has 142 valence electrons. The molecule has 0 spiro atoms. The third kappa shape index (κ3) is 3.65. The van der Waals surface area contributed by atoms with E-state index in [9.17, 15) is 4.79 Å². The average Bonchev–Trinajstić information content (AvgIpc) is 3.32. The molecule has 4 rings (SSSR count). The highest BCUT2D eigenvalue weighted by Crippen LogP contribution is 2.27. The highest BCUT2D eigenvalue weighted by molar-refractivity contribution is 7.08. The third-order valence-corrected chi connectivity index (χ3v) is 4.65. The number of amides is 1. The third-order valence-electron chi connectivity index (χ3n) is 3.98. The topological polar surface area (TPSA) is 96.8 Å². The van der Waals surface area contributed by atoms with Crippen LogP contribution < -0.4 is 16.0 Å². The SMILES string of the molecule is CCNc1nc(Nc2ccc(NC(C)=O)cc2)c2ncn(-c3ccsc3)c2n1. The minimum Gasteiger partial charge on any atom is -0.354 e. The number of benzene rings is 1. The summed E-state index contributed by atoms with van der Waals surface area (Å²) in [5.41, 5.74) is 3.99. The maximum absolute atomic E-state index is 11.2. The fraction of sp³-hybridized carbons (Fsp3) is 0.158. The van der Waals surface area contributed by atoms with Gasteiger partial charge in [-0.15, -0.1) is 0 Å². The van der Waals surface area contributed by atoms with Crippen molar-refractivity contribution in [2.24, 2.45) is 0 Å². The van der Waals surface area contributed by atoms with Gasteiger partial charge < -0.3 is 16.0 Å². The van der Waals surface area contributed by atoms with Gasteiger partial charge in [0.25, 0.3) is 0 Å². The quantitative estimate of drug-likeness (QED) is 0.458. The highest BCUT2D eigenvalue weighted by Gasteiger charge is 2.15. The average molecular weight is 393 g/mol. The van der Waals surface area contributed by atoms with E-state index in [4.69, 9.17) is 0 Å². The van der Waals surface area contributed by atoms with Gasteiger partial charge in [0, 0.05) is 30.2 Å². The van der Waals surface area contributed by atoms with Gasteiger partial charge in [0.15, 0.2) is 17.0 Å². The fourth-order valence-electron chi connectivity index (χ4n) is 2.78. The van der Waals surface area contributed by atoms with E-state index in [-0.39, 0.29) is 5.91 Å². The van der Waals surface area contributed by atoms with Crippen molar-refractivity contribution in [2.75, 3.05) is 22.5 Å². The van der Waals surface area contributed by atoms with Gasteiger partial charge in [0.1, 0.15) is 6.33 Å². The predicted octanol–water partition coefficient (Wildman–Crippen LogP) is 4.01. The Balaban J connectivity index is 1.72. The summed E-state index contributed by atoms with van der Waals surface area (Å²) in [5.74, 6) is 1.04. The Morgan fingerprint density at radius 2 is 1.93 bits per heavy atom. The molecule has 3 aromatic heterocycles. The van der Waals surface area contributed by atoms with Crippen molar-refractivity contribution in [3.05, 3.63) is 47.4 Å². The zero-order chi connectivity index (χ0) is 19.5. The van der Waals surface area contributed by atoms with Crippen LogP contribution in [-0.4, -0.2) is 32.0 Å². The summed E-state index contributed by atoms with van der Waals surface area (Å²) in [6, 6.07) is 9.44. The van der Waals surface area contributed by atoms with E-state index in [1.165, 1.54) is 6.92 Å². The number of thiophene rings is 1. The number of imidazole rings is 1. The Morgan fingerprint density at radius 3 is 2.61 bits per heavy atom. The fourth-order valence-corrected chi connectivity index (χ4v) is 3.41. The molecule has 0 fully saturated rings. The first kappa shape index (κ1) is 17.9. The van der Waals surface area contributed by atoms with Gasteiger partial charge in [0.2, 0.25) is 11.9 Å². The number of hydrogen-bond donors (Lipinski definition) is 3. The molecule has 0 aliphatic heterocycles. The minimum atomic E-state index is -0.104. The van der Waals surface area contributed by atoms with E-state index in [0.717, 1.165) is 22.7 Å². The van der Waals surface area contributed by atoms with Crippen LogP contribution in [0.1, 0.15) is 13.8 Å². The van der Waals surface area contributed by atoms with Crippen LogP contribution >= 0.6 is 11.3 Å². The van der Waals surface area contributed by atoms with E-state index in [0.29, 0.717) is 23.8 Å². The number of carbonyl (C=O) groups is 1. The Morgan fingerprint density at radius 1 is 1.14 bits per heavy atom. The van der Waals surface area contributed by atoms with Gasteiger partial charge in [-0.1, -0.05) is 0 Å². The van der Waals surface area contributed by atoms with Gasteiger partial charge in [-0.05, 0) is 42.6 Å². The Labute approximate surface area is 165 Å². The molecule has 1 amide bonds. The number of fused-ring (bicyclic) bond motifs is 1. The predicted molar refractivity (Wildman–Crippen MR) is 113 cm³/mol. The summed E-state index contributed by atoms with van der Waals surface area (Å²) in [6.07, 6.45) is 1.75. The molecule has 1 aromatic carbocycles. The van der Waals surface area contributed by atoms with E-state index < -0.39 is 0 Å². The number of carbonyl (C=O) groups excluding carboxylic acids is 1. The molecule has 8 nitrogen and oxygen atoms in total. The summed E-state index contributed by atoms with van der Waals surface area (Å²) in [6.45, 7) is 4.19. The first-order valence-electron chi connectivity index (χ1n) is 8.80. The molecule has 9 heteroatoms. The molecular formula is C19H19N7OS. The summed E-state index contributed by atoms with van der Waals surface area (Å²) in [5, 5.41) is 13.3. The summed E-state index contributed by atoms with van der Waals surface area (Å²) in [7, 11) is 0. The van der Waals surface area contributed by atoms with Crippen LogP contribution in [0.25, 0.3) is 16.9 Å². The van der Waals surface area contributed by atoms with Crippen LogP contribution in [0.5, 0.6) is 0 Å². The van der Waals surface area contributed by atoms with Crippen molar-refractivity contribution in [2.45, 2.75) is 13.8 Å². The molecule has 0 aliphatic rings. The molecule has 3 heterocycles. The number of anilines is 4. The molecular weight excluding hydrogens is 374 g/mol. The smallest absolute Gasteiger partial charge is 0.226 e. The molecule has 0 aliphatic carbocycles. The van der Waals surface area contributed by atoms with E-state index in [2.05, 4.69) is 30.9 Å². The van der Waals surface area contributed by atoms with Crippen LogP contribution in [-0.2, 0) is 4.79 Å². The zero-order valence-corrected chi connectivity index (χ0v) is 16.2. The first-order valence-corrected chi connectivity index (χ1v) is 9.74. The molecule has 0 unspecified atom stereocenters. The van der Waals surface area contributed by atoms with Crippen molar-refractivity contribution in [1.82, 2.24) is 19.5 Å². The number of hydrogen-bond acceptors (Lipinski definition) is 7. The molecule has 0 bridgehead atoms. The van der Waals surface area contributed by atoms with Crippen molar-refractivity contribution in [1.29, 1.82) is 0 Å². The number of rotatable bonds is 6. The van der Waals surface area contributed by atoms with Crippen molar-refractivity contribution < 1.29 is 4.79 Å². The second-order valence-corrected chi connectivity index (χ2v) is 6.86. The highest BCUT2D eigenvalue weighted by atomic mass is 32.1. The van der Waals surface area contributed by atoms with Crippen molar-refractivity contribution in [3.8, 4) is 5.69 Å². The van der Waals surface area contributed by atoms with Gasteiger partial charge in [-0.2, -0.15) is 21.3 Å². The maximum Gasteiger partial charge on any atom is 0.226 e. The van der Waals surface area contributed by atoms with Crippen molar-refractivity contribution in [3.63, 3.8) is 0 Å². The minimum absolute atomic E-state index is 0.104. The van der Waals surface area contributed by atoms with Crippen LogP contribution in [0.3, 0.4) is 0 Å². The van der Waals surface area contributed by atoms with Crippen LogP contribution in [0.15, 0.2) is 47.4 Å². The van der Waals surface area contributed by atoms with Crippen molar-refractivity contribution >= 4 is 51.5 Å². The number of nitrogens with zero attached hydrogens (tertiary/aromatic N) is 4. The number of aromatic nitrogens is 4. The van der Waals surface area contributed by atoms with E-state index in [1.54, 1.807) is 17.7 Å². The lowest BCUT2D eigenvalue weighted by Gasteiger charge is -2.10. The second kappa shape index (κ2) is 7.65. The van der Waals surface area contributed by atoms with Gasteiger partial charge in [-0.3, -0.25) is 9.36 Å². The maximum atomic E-state index is 11.2. The van der Waals surface area contributed by atoms with E-state index in [1.807, 2.05) is 52.6 Å². The monoisotopic (exact) mass is 393 g/mol. The van der Waals surface area contributed by atoms with Crippen LogP contribution in [0.4, 0.5) is 23.1 Å². The van der Waals surface area contributed by atoms with Gasteiger partial charge >= 0.3 is 0 Å². The van der Waals surface area contributed by atoms with E-state index >= 15 is 0 Å². The first-order chi connectivity index (χ1) is 13.6. The lowest BCUT2D eigenvalue weighted by molar-refractivity contribution is -0.114. The molecule has 0 saturated heterocycles. The zero-order valence-electron chi connectivity index (χ0n) is 15.4.